The van der Waals surface area contributed by atoms with Crippen LogP contribution in [0.5, 0.6) is 0 Å². The van der Waals surface area contributed by atoms with Gasteiger partial charge in [-0.2, -0.15) is 0 Å². The molecular weight excluding hydrogens is 164 g/mol. The maximum Gasteiger partial charge on any atom is 0.0431 e. The fourth-order valence-corrected chi connectivity index (χ4v) is 1.74. The van der Waals surface area contributed by atoms with Crippen LogP contribution >= 0.6 is 0 Å². The molecule has 1 aliphatic rings. The van der Waals surface area contributed by atoms with E-state index in [1.54, 1.807) is 0 Å². The van der Waals surface area contributed by atoms with Gasteiger partial charge in [-0.05, 0) is 38.5 Å². The molecule has 2 atom stereocenters. The third-order valence-corrected chi connectivity index (χ3v) is 2.74. The van der Waals surface area contributed by atoms with Gasteiger partial charge in [0.1, 0.15) is 0 Å². The SMILES string of the molecule is CC(CCCO)NC(CN)C1CC1. The Kier molecular flexibility index (Phi) is 4.70. The Labute approximate surface area is 80.7 Å². The van der Waals surface area contributed by atoms with E-state index in [9.17, 15) is 0 Å². The number of hydrogen-bond acceptors (Lipinski definition) is 3. The Bertz CT molecular complexity index is 137. The van der Waals surface area contributed by atoms with Crippen molar-refractivity contribution in [1.82, 2.24) is 5.32 Å². The molecule has 0 saturated heterocycles. The molecule has 0 aromatic rings. The number of hydrogen-bond donors (Lipinski definition) is 3. The molecule has 3 nitrogen and oxygen atoms in total. The molecule has 4 N–H and O–H groups in total. The van der Waals surface area contributed by atoms with E-state index in [1.165, 1.54) is 12.8 Å². The quantitative estimate of drug-likeness (QED) is 0.542. The van der Waals surface area contributed by atoms with Gasteiger partial charge in [-0.1, -0.05) is 0 Å². The van der Waals surface area contributed by atoms with E-state index in [2.05, 4.69) is 12.2 Å². The Morgan fingerprint density at radius 1 is 1.54 bits per heavy atom. The molecule has 3 heteroatoms. The highest BCUT2D eigenvalue weighted by Gasteiger charge is 2.30. The molecule has 0 aliphatic heterocycles. The molecule has 1 saturated carbocycles. The summed E-state index contributed by atoms with van der Waals surface area (Å²) in [5.74, 6) is 0.821. The van der Waals surface area contributed by atoms with Gasteiger partial charge >= 0.3 is 0 Å². The van der Waals surface area contributed by atoms with Gasteiger partial charge < -0.3 is 16.2 Å². The molecular formula is C10H22N2O. The van der Waals surface area contributed by atoms with Crippen LogP contribution in [0.15, 0.2) is 0 Å². The molecule has 0 heterocycles. The predicted octanol–water partition coefficient (Wildman–Crippen LogP) is 0.474. The molecule has 0 radical (unpaired) electrons. The summed E-state index contributed by atoms with van der Waals surface area (Å²) in [5.41, 5.74) is 5.68. The van der Waals surface area contributed by atoms with Crippen molar-refractivity contribution in [3.8, 4) is 0 Å². The van der Waals surface area contributed by atoms with Crippen LogP contribution in [0.2, 0.25) is 0 Å². The van der Waals surface area contributed by atoms with Crippen molar-refractivity contribution in [1.29, 1.82) is 0 Å². The van der Waals surface area contributed by atoms with Gasteiger partial charge in [-0.25, -0.2) is 0 Å². The minimum atomic E-state index is 0.294. The molecule has 0 aromatic carbocycles. The predicted molar refractivity (Wildman–Crippen MR) is 54.5 cm³/mol. The van der Waals surface area contributed by atoms with Gasteiger partial charge in [0.05, 0.1) is 0 Å². The smallest absolute Gasteiger partial charge is 0.0431 e. The van der Waals surface area contributed by atoms with Gasteiger partial charge in [0.2, 0.25) is 0 Å². The summed E-state index contributed by atoms with van der Waals surface area (Å²) in [4.78, 5) is 0. The lowest BCUT2D eigenvalue weighted by molar-refractivity contribution is 0.272. The van der Waals surface area contributed by atoms with E-state index < -0.39 is 0 Å². The lowest BCUT2D eigenvalue weighted by Gasteiger charge is -2.21. The second kappa shape index (κ2) is 5.58. The Morgan fingerprint density at radius 3 is 2.69 bits per heavy atom. The largest absolute Gasteiger partial charge is 0.396 e. The van der Waals surface area contributed by atoms with Gasteiger partial charge in [0.15, 0.2) is 0 Å². The van der Waals surface area contributed by atoms with Gasteiger partial charge in [0, 0.05) is 25.2 Å². The second-order valence-corrected chi connectivity index (χ2v) is 4.11. The number of nitrogens with two attached hydrogens (primary N) is 1. The summed E-state index contributed by atoms with van der Waals surface area (Å²) in [5, 5.41) is 12.2. The molecule has 2 unspecified atom stereocenters. The van der Waals surface area contributed by atoms with Crippen LogP contribution in [-0.4, -0.2) is 30.3 Å². The first-order valence-corrected chi connectivity index (χ1v) is 5.35. The zero-order valence-electron chi connectivity index (χ0n) is 8.50. The first-order valence-electron chi connectivity index (χ1n) is 5.35. The maximum atomic E-state index is 8.68. The van der Waals surface area contributed by atoms with Crippen LogP contribution in [0, 0.1) is 5.92 Å². The van der Waals surface area contributed by atoms with E-state index in [0.29, 0.717) is 18.7 Å². The molecule has 1 rings (SSSR count). The zero-order valence-corrected chi connectivity index (χ0v) is 8.50. The van der Waals surface area contributed by atoms with Crippen molar-refractivity contribution < 1.29 is 5.11 Å². The summed E-state index contributed by atoms with van der Waals surface area (Å²) < 4.78 is 0. The molecule has 0 amide bonds. The highest BCUT2D eigenvalue weighted by molar-refractivity contribution is 4.88. The summed E-state index contributed by atoms with van der Waals surface area (Å²) in [6.45, 7) is 3.21. The van der Waals surface area contributed by atoms with Crippen molar-refractivity contribution in [3.63, 3.8) is 0 Å². The van der Waals surface area contributed by atoms with Crippen LogP contribution in [0.3, 0.4) is 0 Å². The van der Waals surface area contributed by atoms with E-state index in [-0.39, 0.29) is 0 Å². The van der Waals surface area contributed by atoms with Gasteiger partial charge in [0.25, 0.3) is 0 Å². The van der Waals surface area contributed by atoms with Crippen LogP contribution in [0.4, 0.5) is 0 Å². The normalized spacial score (nSPS) is 21.5. The van der Waals surface area contributed by atoms with Crippen molar-refractivity contribution >= 4 is 0 Å². The first kappa shape index (κ1) is 11.0. The van der Waals surface area contributed by atoms with Crippen molar-refractivity contribution in [2.45, 2.75) is 44.7 Å². The first-order chi connectivity index (χ1) is 6.27. The van der Waals surface area contributed by atoms with Crippen LogP contribution in [0.1, 0.15) is 32.6 Å². The highest BCUT2D eigenvalue weighted by Crippen LogP contribution is 2.32. The molecule has 0 spiro atoms. The Hall–Kier alpha value is -0.120. The summed E-state index contributed by atoms with van der Waals surface area (Å²) >= 11 is 0. The average Bonchev–Trinajstić information content (AvgIpc) is 2.94. The fraction of sp³-hybridized carbons (Fsp3) is 1.00. The number of aliphatic hydroxyl groups is 1. The van der Waals surface area contributed by atoms with E-state index in [1.807, 2.05) is 0 Å². The third-order valence-electron chi connectivity index (χ3n) is 2.74. The summed E-state index contributed by atoms with van der Waals surface area (Å²) in [6.07, 6.45) is 4.60. The van der Waals surface area contributed by atoms with Crippen LogP contribution in [-0.2, 0) is 0 Å². The monoisotopic (exact) mass is 186 g/mol. The molecule has 0 aromatic heterocycles. The molecule has 13 heavy (non-hydrogen) atoms. The van der Waals surface area contributed by atoms with E-state index in [0.717, 1.165) is 25.3 Å². The van der Waals surface area contributed by atoms with E-state index in [4.69, 9.17) is 10.8 Å². The minimum Gasteiger partial charge on any atom is -0.396 e. The van der Waals surface area contributed by atoms with E-state index >= 15 is 0 Å². The Balaban J connectivity index is 2.12. The summed E-state index contributed by atoms with van der Waals surface area (Å²) in [7, 11) is 0. The third kappa shape index (κ3) is 4.07. The average molecular weight is 186 g/mol. The van der Waals surface area contributed by atoms with Crippen molar-refractivity contribution in [3.05, 3.63) is 0 Å². The lowest BCUT2D eigenvalue weighted by atomic mass is 10.1. The maximum absolute atomic E-state index is 8.68. The zero-order chi connectivity index (χ0) is 9.68. The molecule has 78 valence electrons. The Morgan fingerprint density at radius 2 is 2.23 bits per heavy atom. The van der Waals surface area contributed by atoms with Gasteiger partial charge in [-0.15, -0.1) is 0 Å². The molecule has 1 fully saturated rings. The lowest BCUT2D eigenvalue weighted by Crippen LogP contribution is -2.43. The highest BCUT2D eigenvalue weighted by atomic mass is 16.2. The molecule has 1 aliphatic carbocycles. The number of aliphatic hydroxyl groups excluding tert-OH is 1. The minimum absolute atomic E-state index is 0.294. The number of rotatable bonds is 7. The summed E-state index contributed by atoms with van der Waals surface area (Å²) in [6, 6.07) is 0.995. The van der Waals surface area contributed by atoms with Crippen LogP contribution < -0.4 is 11.1 Å². The second-order valence-electron chi connectivity index (χ2n) is 4.11. The fourth-order valence-electron chi connectivity index (χ4n) is 1.74. The van der Waals surface area contributed by atoms with Gasteiger partial charge in [-0.3, -0.25) is 0 Å². The molecule has 0 bridgehead atoms. The standard InChI is InChI=1S/C10H22N2O/c1-8(3-2-6-13)12-10(7-11)9-4-5-9/h8-10,12-13H,2-7,11H2,1H3. The van der Waals surface area contributed by atoms with Crippen molar-refractivity contribution in [2.75, 3.05) is 13.2 Å². The van der Waals surface area contributed by atoms with Crippen LogP contribution in [0.25, 0.3) is 0 Å². The number of nitrogens with one attached hydrogen (secondary N) is 1. The van der Waals surface area contributed by atoms with Crippen molar-refractivity contribution in [2.24, 2.45) is 11.7 Å². The topological polar surface area (TPSA) is 58.3 Å².